The van der Waals surface area contributed by atoms with E-state index in [0.717, 1.165) is 25.7 Å². The predicted octanol–water partition coefficient (Wildman–Crippen LogP) is 3.67. The largest absolute Gasteiger partial charge is 0.393 e. The van der Waals surface area contributed by atoms with Crippen molar-refractivity contribution in [3.05, 3.63) is 11.6 Å². The Kier molecular flexibility index (Phi) is 3.11. The van der Waals surface area contributed by atoms with Gasteiger partial charge in [0, 0.05) is 5.41 Å². The van der Waals surface area contributed by atoms with Gasteiger partial charge in [-0.1, -0.05) is 25.5 Å². The van der Waals surface area contributed by atoms with Crippen molar-refractivity contribution in [2.24, 2.45) is 28.6 Å². The van der Waals surface area contributed by atoms with Crippen LogP contribution in [-0.2, 0) is 0 Å². The van der Waals surface area contributed by atoms with Gasteiger partial charge in [-0.05, 0) is 74.5 Å². The van der Waals surface area contributed by atoms with E-state index in [-0.39, 0.29) is 17.6 Å². The Hall–Kier alpha value is -0.340. The van der Waals surface area contributed by atoms with Crippen molar-refractivity contribution in [1.29, 1.82) is 0 Å². The van der Waals surface area contributed by atoms with E-state index < -0.39 is 0 Å². The zero-order valence-corrected chi connectivity index (χ0v) is 13.5. The molecule has 0 radical (unpaired) electrons. The third kappa shape index (κ3) is 1.84. The Labute approximate surface area is 128 Å². The quantitative estimate of drug-likeness (QED) is 0.668. The molecule has 0 bridgehead atoms. The summed E-state index contributed by atoms with van der Waals surface area (Å²) < 4.78 is 0. The Balaban J connectivity index is 1.69. The summed E-state index contributed by atoms with van der Waals surface area (Å²) in [7, 11) is 0. The van der Waals surface area contributed by atoms with E-state index in [1.54, 1.807) is 5.57 Å². The predicted molar refractivity (Wildman–Crippen MR) is 83.7 cm³/mol. The van der Waals surface area contributed by atoms with Crippen molar-refractivity contribution in [2.75, 3.05) is 0 Å². The zero-order valence-electron chi connectivity index (χ0n) is 13.5. The molecule has 2 nitrogen and oxygen atoms in total. The number of aliphatic hydroxyl groups excluding tert-OH is 2. The van der Waals surface area contributed by atoms with Crippen LogP contribution in [0.1, 0.15) is 65.2 Å². The van der Waals surface area contributed by atoms with E-state index in [1.807, 2.05) is 0 Å². The first-order chi connectivity index (χ1) is 9.95. The van der Waals surface area contributed by atoms with Gasteiger partial charge in [0.1, 0.15) is 0 Å². The van der Waals surface area contributed by atoms with Gasteiger partial charge >= 0.3 is 0 Å². The van der Waals surface area contributed by atoms with E-state index in [1.165, 1.54) is 25.7 Å². The van der Waals surface area contributed by atoms with Gasteiger partial charge in [-0.2, -0.15) is 0 Å². The Morgan fingerprint density at radius 1 is 0.952 bits per heavy atom. The first-order valence-electron chi connectivity index (χ1n) is 9.01. The minimum Gasteiger partial charge on any atom is -0.393 e. The third-order valence-corrected chi connectivity index (χ3v) is 8.00. The second-order valence-electron chi connectivity index (χ2n) is 8.81. The molecule has 3 fully saturated rings. The maximum atomic E-state index is 10.4. The van der Waals surface area contributed by atoms with Crippen LogP contribution in [0.25, 0.3) is 0 Å². The van der Waals surface area contributed by atoms with Crippen LogP contribution in [0.2, 0.25) is 0 Å². The van der Waals surface area contributed by atoms with Gasteiger partial charge in [-0.15, -0.1) is 0 Å². The summed E-state index contributed by atoms with van der Waals surface area (Å²) in [6, 6.07) is 0. The summed E-state index contributed by atoms with van der Waals surface area (Å²) in [5.41, 5.74) is 2.23. The first kappa shape index (κ1) is 14.3. The fourth-order valence-electron chi connectivity index (χ4n) is 6.46. The lowest BCUT2D eigenvalue weighted by molar-refractivity contribution is -0.0498. The highest BCUT2D eigenvalue weighted by molar-refractivity contribution is 5.27. The SMILES string of the molecule is C[C@]12CCC(O)CC1CC=C1[C@@H]2CC[C@]2(C)C(O)CC[C@@H]12. The minimum absolute atomic E-state index is 0.0693. The van der Waals surface area contributed by atoms with Crippen LogP contribution < -0.4 is 0 Å². The number of aliphatic hydroxyl groups is 2. The molecule has 0 aromatic heterocycles. The normalized spacial score (nSPS) is 56.2. The average Bonchev–Trinajstić information content (AvgIpc) is 2.76. The standard InChI is InChI=1S/C19H30O2/c1-18-9-7-13(20)11-12(18)3-4-14-15-5-6-17(21)19(15,2)10-8-16(14)18/h4,12-13,15-17,20-21H,3,5-11H2,1-2H3/t12?,13?,15-,16-,17?,18-,19-/m0/s1. The first-order valence-corrected chi connectivity index (χ1v) is 9.01. The van der Waals surface area contributed by atoms with Gasteiger partial charge < -0.3 is 10.2 Å². The molecular formula is C19H30O2. The second kappa shape index (κ2) is 4.58. The Morgan fingerprint density at radius 3 is 2.48 bits per heavy atom. The van der Waals surface area contributed by atoms with Crippen molar-refractivity contribution in [1.82, 2.24) is 0 Å². The van der Waals surface area contributed by atoms with Crippen LogP contribution in [0, 0.1) is 28.6 Å². The van der Waals surface area contributed by atoms with E-state index in [4.69, 9.17) is 0 Å². The molecule has 0 aromatic carbocycles. The lowest BCUT2D eigenvalue weighted by Gasteiger charge is -2.57. The molecule has 4 rings (SSSR count). The maximum absolute atomic E-state index is 10.4. The Morgan fingerprint density at radius 2 is 1.67 bits per heavy atom. The number of hydrogen-bond donors (Lipinski definition) is 2. The molecular weight excluding hydrogens is 260 g/mol. The molecule has 0 spiro atoms. The maximum Gasteiger partial charge on any atom is 0.0599 e. The molecule has 3 saturated carbocycles. The van der Waals surface area contributed by atoms with Crippen molar-refractivity contribution >= 4 is 0 Å². The van der Waals surface area contributed by atoms with Crippen LogP contribution in [-0.4, -0.2) is 22.4 Å². The van der Waals surface area contributed by atoms with Crippen LogP contribution in [0.15, 0.2) is 11.6 Å². The van der Waals surface area contributed by atoms with Gasteiger partial charge in [0.2, 0.25) is 0 Å². The average molecular weight is 290 g/mol. The van der Waals surface area contributed by atoms with Gasteiger partial charge in [0.05, 0.1) is 12.2 Å². The van der Waals surface area contributed by atoms with Gasteiger partial charge in [0.25, 0.3) is 0 Å². The van der Waals surface area contributed by atoms with E-state index in [0.29, 0.717) is 23.2 Å². The van der Waals surface area contributed by atoms with Gasteiger partial charge in [-0.25, -0.2) is 0 Å². The highest BCUT2D eigenvalue weighted by Crippen LogP contribution is 2.64. The summed E-state index contributed by atoms with van der Waals surface area (Å²) in [4.78, 5) is 0. The molecule has 7 atom stereocenters. The lowest BCUT2D eigenvalue weighted by atomic mass is 9.48. The van der Waals surface area contributed by atoms with Crippen molar-refractivity contribution < 1.29 is 10.2 Å². The monoisotopic (exact) mass is 290 g/mol. The summed E-state index contributed by atoms with van der Waals surface area (Å²) in [6.07, 6.45) is 11.3. The molecule has 0 aromatic rings. The van der Waals surface area contributed by atoms with Gasteiger partial charge in [0.15, 0.2) is 0 Å². The summed E-state index contributed by atoms with van der Waals surface area (Å²) in [5, 5.41) is 20.5. The van der Waals surface area contributed by atoms with E-state index in [2.05, 4.69) is 19.9 Å². The van der Waals surface area contributed by atoms with Crippen molar-refractivity contribution in [3.63, 3.8) is 0 Å². The summed E-state index contributed by atoms with van der Waals surface area (Å²) in [6.45, 7) is 4.82. The molecule has 2 heteroatoms. The van der Waals surface area contributed by atoms with Crippen LogP contribution >= 0.6 is 0 Å². The molecule has 4 aliphatic carbocycles. The minimum atomic E-state index is -0.0944. The fraction of sp³-hybridized carbons (Fsp3) is 0.895. The number of rotatable bonds is 0. The number of allylic oxidation sites excluding steroid dienone is 2. The molecule has 0 aliphatic heterocycles. The van der Waals surface area contributed by atoms with Crippen molar-refractivity contribution in [3.8, 4) is 0 Å². The smallest absolute Gasteiger partial charge is 0.0599 e. The summed E-state index contributed by atoms with van der Waals surface area (Å²) in [5.74, 6) is 2.01. The topological polar surface area (TPSA) is 40.5 Å². The molecule has 4 aliphatic rings. The molecule has 21 heavy (non-hydrogen) atoms. The van der Waals surface area contributed by atoms with Crippen molar-refractivity contribution in [2.45, 2.75) is 77.4 Å². The fourth-order valence-corrected chi connectivity index (χ4v) is 6.46. The molecule has 0 heterocycles. The Bertz CT molecular complexity index is 470. The third-order valence-electron chi connectivity index (χ3n) is 8.00. The van der Waals surface area contributed by atoms with E-state index >= 15 is 0 Å². The lowest BCUT2D eigenvalue weighted by Crippen LogP contribution is -2.50. The van der Waals surface area contributed by atoms with Gasteiger partial charge in [-0.3, -0.25) is 0 Å². The highest BCUT2D eigenvalue weighted by Gasteiger charge is 2.57. The van der Waals surface area contributed by atoms with Crippen LogP contribution in [0.5, 0.6) is 0 Å². The van der Waals surface area contributed by atoms with E-state index in [9.17, 15) is 10.2 Å². The molecule has 118 valence electrons. The number of fused-ring (bicyclic) bond motifs is 5. The van der Waals surface area contributed by atoms with Crippen LogP contribution in [0.4, 0.5) is 0 Å². The molecule has 2 N–H and O–H groups in total. The molecule has 0 amide bonds. The summed E-state index contributed by atoms with van der Waals surface area (Å²) >= 11 is 0. The van der Waals surface area contributed by atoms with Crippen LogP contribution in [0.3, 0.4) is 0 Å². The molecule has 0 saturated heterocycles. The molecule has 3 unspecified atom stereocenters. The highest BCUT2D eigenvalue weighted by atomic mass is 16.3. The second-order valence-corrected chi connectivity index (χ2v) is 8.81. The number of hydrogen-bond acceptors (Lipinski definition) is 2. The zero-order chi connectivity index (χ0) is 14.8.